The minimum atomic E-state index is -0.365. The lowest BCUT2D eigenvalue weighted by molar-refractivity contribution is 0.209. The van der Waals surface area contributed by atoms with Crippen molar-refractivity contribution in [3.8, 4) is 0 Å². The third kappa shape index (κ3) is 2.05. The highest BCUT2D eigenvalue weighted by Crippen LogP contribution is 2.26. The van der Waals surface area contributed by atoms with Crippen molar-refractivity contribution in [2.45, 2.75) is 6.10 Å². The van der Waals surface area contributed by atoms with Crippen molar-refractivity contribution < 1.29 is 5.11 Å². The molecule has 0 bridgehead atoms. The van der Waals surface area contributed by atoms with Crippen LogP contribution in [0.4, 0.5) is 0 Å². The van der Waals surface area contributed by atoms with E-state index < -0.39 is 0 Å². The van der Waals surface area contributed by atoms with Crippen molar-refractivity contribution in [2.24, 2.45) is 0 Å². The highest BCUT2D eigenvalue weighted by Gasteiger charge is 2.06. The molecule has 1 rings (SSSR count). The van der Waals surface area contributed by atoms with Gasteiger partial charge in [-0.25, -0.2) is 0 Å². The van der Waals surface area contributed by atoms with Crippen LogP contribution in [0.1, 0.15) is 11.0 Å². The minimum Gasteiger partial charge on any atom is -0.387 e. The second-order valence-electron chi connectivity index (χ2n) is 1.84. The van der Waals surface area contributed by atoms with E-state index in [4.69, 9.17) is 0 Å². The average molecular weight is 286 g/mol. The van der Waals surface area contributed by atoms with Crippen LogP contribution in [-0.2, 0) is 0 Å². The van der Waals surface area contributed by atoms with Gasteiger partial charge in [-0.05, 0) is 22.0 Å². The molecule has 0 aromatic carbocycles. The van der Waals surface area contributed by atoms with Gasteiger partial charge in [0.2, 0.25) is 0 Å². The average Bonchev–Trinajstić information content (AvgIpc) is 2.34. The van der Waals surface area contributed by atoms with Crippen molar-refractivity contribution in [2.75, 3.05) is 5.33 Å². The van der Waals surface area contributed by atoms with Crippen molar-refractivity contribution >= 4 is 43.2 Å². The molecule has 0 unspecified atom stereocenters. The van der Waals surface area contributed by atoms with Gasteiger partial charge in [-0.15, -0.1) is 11.3 Å². The Hall–Kier alpha value is 0.620. The van der Waals surface area contributed by atoms with Crippen molar-refractivity contribution in [1.29, 1.82) is 0 Å². The van der Waals surface area contributed by atoms with Crippen LogP contribution >= 0.6 is 43.2 Å². The maximum atomic E-state index is 9.29. The molecule has 1 nitrogen and oxygen atoms in total. The van der Waals surface area contributed by atoms with Crippen LogP contribution in [0.3, 0.4) is 0 Å². The molecule has 1 aromatic heterocycles. The monoisotopic (exact) mass is 284 g/mol. The molecule has 0 aliphatic rings. The SMILES string of the molecule is O[C@@H](CBr)c1cc(Br)cs1. The lowest BCUT2D eigenvalue weighted by atomic mass is 10.3. The Morgan fingerprint density at radius 3 is 2.80 bits per heavy atom. The van der Waals surface area contributed by atoms with Gasteiger partial charge in [0, 0.05) is 20.1 Å². The number of alkyl halides is 1. The number of rotatable bonds is 2. The molecule has 1 aromatic rings. The summed E-state index contributed by atoms with van der Waals surface area (Å²) in [6, 6.07) is 1.93. The first-order valence-corrected chi connectivity index (χ1v) is 5.51. The molecule has 0 amide bonds. The van der Waals surface area contributed by atoms with Crippen LogP contribution in [0.5, 0.6) is 0 Å². The Kier molecular flexibility index (Phi) is 3.36. The maximum absolute atomic E-state index is 9.29. The highest BCUT2D eigenvalue weighted by atomic mass is 79.9. The lowest BCUT2D eigenvalue weighted by Crippen LogP contribution is -1.93. The molecule has 0 aliphatic heterocycles. The number of aliphatic hydroxyl groups excluding tert-OH is 1. The van der Waals surface area contributed by atoms with E-state index >= 15 is 0 Å². The Morgan fingerprint density at radius 2 is 2.40 bits per heavy atom. The van der Waals surface area contributed by atoms with Gasteiger partial charge in [0.15, 0.2) is 0 Å². The molecule has 0 spiro atoms. The molecule has 10 heavy (non-hydrogen) atoms. The molecule has 56 valence electrons. The van der Waals surface area contributed by atoms with E-state index in [2.05, 4.69) is 31.9 Å². The van der Waals surface area contributed by atoms with Crippen LogP contribution < -0.4 is 0 Å². The van der Waals surface area contributed by atoms with E-state index in [0.29, 0.717) is 5.33 Å². The zero-order valence-corrected chi connectivity index (χ0v) is 9.04. The van der Waals surface area contributed by atoms with Crippen LogP contribution in [0.25, 0.3) is 0 Å². The van der Waals surface area contributed by atoms with Gasteiger partial charge < -0.3 is 5.11 Å². The Labute approximate surface area is 80.3 Å². The Bertz CT molecular complexity index is 211. The van der Waals surface area contributed by atoms with Gasteiger partial charge >= 0.3 is 0 Å². The highest BCUT2D eigenvalue weighted by molar-refractivity contribution is 9.10. The summed E-state index contributed by atoms with van der Waals surface area (Å²) in [7, 11) is 0. The fourth-order valence-corrected chi connectivity index (χ4v) is 2.57. The summed E-state index contributed by atoms with van der Waals surface area (Å²) in [5, 5.41) is 11.8. The van der Waals surface area contributed by atoms with Crippen molar-refractivity contribution in [1.82, 2.24) is 0 Å². The lowest BCUT2D eigenvalue weighted by Gasteiger charge is -2.00. The maximum Gasteiger partial charge on any atom is 0.0978 e. The number of halogens is 2. The van der Waals surface area contributed by atoms with Gasteiger partial charge in [0.25, 0.3) is 0 Å². The Morgan fingerprint density at radius 1 is 1.70 bits per heavy atom. The molecule has 0 fully saturated rings. The molecular formula is C6H6Br2OS. The number of hydrogen-bond acceptors (Lipinski definition) is 2. The van der Waals surface area contributed by atoms with Crippen LogP contribution in [-0.4, -0.2) is 10.4 Å². The predicted molar refractivity (Wildman–Crippen MR) is 50.8 cm³/mol. The van der Waals surface area contributed by atoms with Gasteiger partial charge in [-0.1, -0.05) is 15.9 Å². The molecular weight excluding hydrogens is 280 g/mol. The molecule has 0 saturated heterocycles. The third-order valence-corrected chi connectivity index (χ3v) is 3.47. The van der Waals surface area contributed by atoms with Gasteiger partial charge in [0.05, 0.1) is 6.10 Å². The molecule has 0 aliphatic carbocycles. The Balaban J connectivity index is 2.74. The van der Waals surface area contributed by atoms with Crippen LogP contribution in [0, 0.1) is 0 Å². The van der Waals surface area contributed by atoms with E-state index in [1.165, 1.54) is 0 Å². The zero-order chi connectivity index (χ0) is 7.56. The normalized spacial score (nSPS) is 13.5. The fraction of sp³-hybridized carbons (Fsp3) is 0.333. The van der Waals surface area contributed by atoms with Gasteiger partial charge in [0.1, 0.15) is 0 Å². The summed E-state index contributed by atoms with van der Waals surface area (Å²) in [6.45, 7) is 0. The second kappa shape index (κ2) is 3.85. The van der Waals surface area contributed by atoms with E-state index in [1.54, 1.807) is 11.3 Å². The molecule has 1 N–H and O–H groups in total. The standard InChI is InChI=1S/C6H6Br2OS/c7-2-5(9)6-1-4(8)3-10-6/h1,3,5,9H,2H2/t5-/m0/s1. The quantitative estimate of drug-likeness (QED) is 0.829. The van der Waals surface area contributed by atoms with Gasteiger partial charge in [-0.2, -0.15) is 0 Å². The largest absolute Gasteiger partial charge is 0.387 e. The topological polar surface area (TPSA) is 20.2 Å². The molecule has 1 heterocycles. The smallest absolute Gasteiger partial charge is 0.0978 e. The molecule has 0 saturated carbocycles. The number of aliphatic hydroxyl groups is 1. The zero-order valence-electron chi connectivity index (χ0n) is 5.05. The summed E-state index contributed by atoms with van der Waals surface area (Å²) < 4.78 is 1.03. The third-order valence-electron chi connectivity index (χ3n) is 1.06. The van der Waals surface area contributed by atoms with E-state index in [0.717, 1.165) is 9.35 Å². The number of hydrogen-bond donors (Lipinski definition) is 1. The number of thiophene rings is 1. The minimum absolute atomic E-state index is 0.365. The summed E-state index contributed by atoms with van der Waals surface area (Å²) >= 11 is 8.07. The second-order valence-corrected chi connectivity index (χ2v) is 4.34. The van der Waals surface area contributed by atoms with E-state index in [9.17, 15) is 5.11 Å². The molecule has 1 atom stereocenters. The summed E-state index contributed by atoms with van der Waals surface area (Å²) in [5.41, 5.74) is 0. The van der Waals surface area contributed by atoms with Crippen molar-refractivity contribution in [3.63, 3.8) is 0 Å². The molecule has 4 heteroatoms. The van der Waals surface area contributed by atoms with Crippen LogP contribution in [0.15, 0.2) is 15.9 Å². The summed E-state index contributed by atoms with van der Waals surface area (Å²) in [6.07, 6.45) is -0.365. The predicted octanol–water partition coefficient (Wildman–Crippen LogP) is 2.94. The summed E-state index contributed by atoms with van der Waals surface area (Å²) in [4.78, 5) is 0.990. The first-order chi connectivity index (χ1) is 4.74. The van der Waals surface area contributed by atoms with Crippen molar-refractivity contribution in [3.05, 3.63) is 20.8 Å². The first-order valence-electron chi connectivity index (χ1n) is 2.72. The van der Waals surface area contributed by atoms with Gasteiger partial charge in [-0.3, -0.25) is 0 Å². The van der Waals surface area contributed by atoms with E-state index in [1.807, 2.05) is 11.4 Å². The fourth-order valence-electron chi connectivity index (χ4n) is 0.579. The van der Waals surface area contributed by atoms with E-state index in [-0.39, 0.29) is 6.10 Å². The summed E-state index contributed by atoms with van der Waals surface area (Å²) in [5.74, 6) is 0. The first kappa shape index (κ1) is 8.71. The molecule has 0 radical (unpaired) electrons. The van der Waals surface area contributed by atoms with Crippen LogP contribution in [0.2, 0.25) is 0 Å².